The smallest absolute Gasteiger partial charge is 0.227 e. The Bertz CT molecular complexity index is 540. The molecule has 2 saturated heterocycles. The van der Waals surface area contributed by atoms with Gasteiger partial charge in [-0.15, -0.1) is 0 Å². The first-order valence-electron chi connectivity index (χ1n) is 9.07. The lowest BCUT2D eigenvalue weighted by molar-refractivity contribution is -0.135. The van der Waals surface area contributed by atoms with Crippen molar-refractivity contribution in [2.45, 2.75) is 38.1 Å². The Balaban J connectivity index is 1.65. The standard InChI is InChI=1S/C19H27FN2O2/c20-18-6-2-1-5-16(18)15-19(23)22(17-7-13-24-14-8-17)12-11-21-9-3-4-10-21/h1-2,5-6,17H,3-4,7-15H2. The van der Waals surface area contributed by atoms with E-state index in [1.165, 1.54) is 18.9 Å². The molecule has 0 bridgehead atoms. The molecule has 4 nitrogen and oxygen atoms in total. The van der Waals surface area contributed by atoms with Crippen LogP contribution in [0.3, 0.4) is 0 Å². The number of carbonyl (C=O) groups excluding carboxylic acids is 1. The van der Waals surface area contributed by atoms with Gasteiger partial charge in [0, 0.05) is 32.3 Å². The molecule has 2 fully saturated rings. The average Bonchev–Trinajstić information content (AvgIpc) is 3.12. The van der Waals surface area contributed by atoms with E-state index in [0.29, 0.717) is 18.8 Å². The van der Waals surface area contributed by atoms with Crippen molar-refractivity contribution in [3.8, 4) is 0 Å². The zero-order valence-electron chi connectivity index (χ0n) is 14.3. The monoisotopic (exact) mass is 334 g/mol. The second kappa shape index (κ2) is 8.58. The topological polar surface area (TPSA) is 32.8 Å². The van der Waals surface area contributed by atoms with E-state index in [2.05, 4.69) is 4.90 Å². The number of hydrogen-bond donors (Lipinski definition) is 0. The van der Waals surface area contributed by atoms with Gasteiger partial charge in [-0.05, 0) is 50.4 Å². The molecule has 3 rings (SSSR count). The molecule has 2 aliphatic rings. The van der Waals surface area contributed by atoms with E-state index in [0.717, 1.165) is 39.0 Å². The second-order valence-electron chi connectivity index (χ2n) is 6.75. The maximum Gasteiger partial charge on any atom is 0.227 e. The largest absolute Gasteiger partial charge is 0.381 e. The van der Waals surface area contributed by atoms with Crippen LogP contribution >= 0.6 is 0 Å². The molecule has 1 aromatic rings. The van der Waals surface area contributed by atoms with Crippen LogP contribution in [0.4, 0.5) is 4.39 Å². The molecule has 24 heavy (non-hydrogen) atoms. The lowest BCUT2D eigenvalue weighted by Gasteiger charge is -2.35. The van der Waals surface area contributed by atoms with Gasteiger partial charge in [0.25, 0.3) is 0 Å². The van der Waals surface area contributed by atoms with Crippen LogP contribution in [0.15, 0.2) is 24.3 Å². The third-order valence-corrected chi connectivity index (χ3v) is 5.11. The number of halogens is 1. The summed E-state index contributed by atoms with van der Waals surface area (Å²) in [4.78, 5) is 17.3. The quantitative estimate of drug-likeness (QED) is 0.801. The zero-order valence-corrected chi connectivity index (χ0v) is 14.3. The van der Waals surface area contributed by atoms with E-state index in [1.54, 1.807) is 18.2 Å². The van der Waals surface area contributed by atoms with Crippen molar-refractivity contribution in [2.75, 3.05) is 39.4 Å². The lowest BCUT2D eigenvalue weighted by Crippen LogP contribution is -2.47. The van der Waals surface area contributed by atoms with Gasteiger partial charge in [-0.25, -0.2) is 4.39 Å². The van der Waals surface area contributed by atoms with Crippen LogP contribution in [0.2, 0.25) is 0 Å². The highest BCUT2D eigenvalue weighted by molar-refractivity contribution is 5.79. The van der Waals surface area contributed by atoms with Gasteiger partial charge in [-0.3, -0.25) is 4.79 Å². The van der Waals surface area contributed by atoms with Crippen LogP contribution in [0.25, 0.3) is 0 Å². The van der Waals surface area contributed by atoms with Crippen LogP contribution in [0.5, 0.6) is 0 Å². The van der Waals surface area contributed by atoms with Crippen LogP contribution in [0.1, 0.15) is 31.2 Å². The van der Waals surface area contributed by atoms with Gasteiger partial charge in [0.05, 0.1) is 6.42 Å². The van der Waals surface area contributed by atoms with Crippen molar-refractivity contribution in [3.05, 3.63) is 35.6 Å². The molecule has 1 amide bonds. The molecule has 0 aliphatic carbocycles. The average molecular weight is 334 g/mol. The molecule has 0 spiro atoms. The number of carbonyl (C=O) groups is 1. The lowest BCUT2D eigenvalue weighted by atomic mass is 10.0. The zero-order chi connectivity index (χ0) is 16.8. The number of amides is 1. The van der Waals surface area contributed by atoms with Gasteiger partial charge in [-0.2, -0.15) is 0 Å². The van der Waals surface area contributed by atoms with Crippen LogP contribution < -0.4 is 0 Å². The molecule has 0 saturated carbocycles. The van der Waals surface area contributed by atoms with Crippen LogP contribution in [0, 0.1) is 5.82 Å². The Hall–Kier alpha value is -1.46. The normalized spacial score (nSPS) is 19.5. The number of nitrogens with zero attached hydrogens (tertiary/aromatic N) is 2. The predicted molar refractivity (Wildman–Crippen MR) is 91.3 cm³/mol. The summed E-state index contributed by atoms with van der Waals surface area (Å²) in [5, 5.41) is 0. The summed E-state index contributed by atoms with van der Waals surface area (Å²) in [5.41, 5.74) is 0.487. The fraction of sp³-hybridized carbons (Fsp3) is 0.632. The van der Waals surface area contributed by atoms with Crippen LogP contribution in [-0.2, 0) is 16.0 Å². The molecular formula is C19H27FN2O2. The van der Waals surface area contributed by atoms with Crippen molar-refractivity contribution < 1.29 is 13.9 Å². The molecule has 0 N–H and O–H groups in total. The molecule has 0 atom stereocenters. The summed E-state index contributed by atoms with van der Waals surface area (Å²) in [5.74, 6) is -0.261. The number of hydrogen-bond acceptors (Lipinski definition) is 3. The fourth-order valence-electron chi connectivity index (χ4n) is 3.67. The van der Waals surface area contributed by atoms with E-state index in [1.807, 2.05) is 4.90 Å². The van der Waals surface area contributed by atoms with Crippen molar-refractivity contribution in [3.63, 3.8) is 0 Å². The highest BCUT2D eigenvalue weighted by atomic mass is 19.1. The van der Waals surface area contributed by atoms with E-state index in [4.69, 9.17) is 4.74 Å². The number of likely N-dealkylation sites (tertiary alicyclic amines) is 1. The Morgan fingerprint density at radius 2 is 1.92 bits per heavy atom. The van der Waals surface area contributed by atoms with E-state index in [9.17, 15) is 9.18 Å². The summed E-state index contributed by atoms with van der Waals surface area (Å²) in [6, 6.07) is 6.80. The molecule has 1 aromatic carbocycles. The first-order valence-corrected chi connectivity index (χ1v) is 9.07. The molecule has 0 unspecified atom stereocenters. The minimum atomic E-state index is -0.294. The number of benzene rings is 1. The maximum atomic E-state index is 13.9. The summed E-state index contributed by atoms with van der Waals surface area (Å²) in [7, 11) is 0. The summed E-state index contributed by atoms with van der Waals surface area (Å²) in [6.07, 6.45) is 4.40. The maximum absolute atomic E-state index is 13.9. The Morgan fingerprint density at radius 3 is 2.62 bits per heavy atom. The molecule has 132 valence electrons. The molecule has 0 radical (unpaired) electrons. The molecule has 5 heteroatoms. The van der Waals surface area contributed by atoms with Gasteiger partial charge in [-0.1, -0.05) is 18.2 Å². The molecule has 2 aliphatic heterocycles. The van der Waals surface area contributed by atoms with E-state index >= 15 is 0 Å². The highest BCUT2D eigenvalue weighted by Gasteiger charge is 2.27. The minimum Gasteiger partial charge on any atom is -0.381 e. The highest BCUT2D eigenvalue weighted by Crippen LogP contribution is 2.18. The van der Waals surface area contributed by atoms with Crippen molar-refractivity contribution in [1.29, 1.82) is 0 Å². The van der Waals surface area contributed by atoms with Crippen LogP contribution in [-0.4, -0.2) is 61.1 Å². The van der Waals surface area contributed by atoms with Crippen molar-refractivity contribution in [1.82, 2.24) is 9.80 Å². The van der Waals surface area contributed by atoms with Crippen molar-refractivity contribution >= 4 is 5.91 Å². The van der Waals surface area contributed by atoms with E-state index in [-0.39, 0.29) is 24.2 Å². The Morgan fingerprint density at radius 1 is 1.21 bits per heavy atom. The van der Waals surface area contributed by atoms with Gasteiger partial charge >= 0.3 is 0 Å². The van der Waals surface area contributed by atoms with Gasteiger partial charge in [0.1, 0.15) is 5.82 Å². The third-order valence-electron chi connectivity index (χ3n) is 5.11. The molecule has 2 heterocycles. The minimum absolute atomic E-state index is 0.0335. The van der Waals surface area contributed by atoms with Gasteiger partial charge in [0.15, 0.2) is 0 Å². The summed E-state index contributed by atoms with van der Waals surface area (Å²) >= 11 is 0. The SMILES string of the molecule is O=C(Cc1ccccc1F)N(CCN1CCCC1)C1CCOCC1. The number of ether oxygens (including phenoxy) is 1. The first-order chi connectivity index (χ1) is 11.7. The first kappa shape index (κ1) is 17.4. The fourth-order valence-corrected chi connectivity index (χ4v) is 3.67. The summed E-state index contributed by atoms with van der Waals surface area (Å²) in [6.45, 7) is 5.32. The Labute approximate surface area is 143 Å². The van der Waals surface area contributed by atoms with Gasteiger partial charge in [0.2, 0.25) is 5.91 Å². The second-order valence-corrected chi connectivity index (χ2v) is 6.75. The molecule has 0 aromatic heterocycles. The molecular weight excluding hydrogens is 307 g/mol. The number of rotatable bonds is 6. The third kappa shape index (κ3) is 4.54. The van der Waals surface area contributed by atoms with Gasteiger partial charge < -0.3 is 14.5 Å². The summed E-state index contributed by atoms with van der Waals surface area (Å²) < 4.78 is 19.3. The van der Waals surface area contributed by atoms with E-state index < -0.39 is 0 Å². The Kier molecular flexibility index (Phi) is 6.21. The predicted octanol–water partition coefficient (Wildman–Crippen LogP) is 2.47. The van der Waals surface area contributed by atoms with Crippen molar-refractivity contribution in [2.24, 2.45) is 0 Å².